The number of nitrogens with two attached hydrogens (primary N) is 1. The third-order valence-electron chi connectivity index (χ3n) is 5.30. The molecule has 0 aromatic carbocycles. The summed E-state index contributed by atoms with van der Waals surface area (Å²) in [6.45, 7) is 4.96. The maximum Gasteiger partial charge on any atom is 0.251 e. The Morgan fingerprint density at radius 3 is 2.91 bits per heavy atom. The van der Waals surface area contributed by atoms with Gasteiger partial charge >= 0.3 is 0 Å². The Bertz CT molecular complexity index is 1150. The van der Waals surface area contributed by atoms with E-state index in [1.54, 1.807) is 6.07 Å². The number of rotatable bonds is 8. The molecule has 0 saturated heterocycles. The van der Waals surface area contributed by atoms with Crippen LogP contribution < -0.4 is 11.1 Å². The zero-order valence-corrected chi connectivity index (χ0v) is 21.0. The number of hydrogen-bond donors (Lipinski definition) is 2. The molecule has 3 aromatic heterocycles. The van der Waals surface area contributed by atoms with Gasteiger partial charge in [-0.05, 0) is 65.2 Å². The van der Waals surface area contributed by atoms with Crippen molar-refractivity contribution < 1.29 is 14.0 Å². The van der Waals surface area contributed by atoms with E-state index in [0.29, 0.717) is 44.4 Å². The summed E-state index contributed by atoms with van der Waals surface area (Å²) in [4.78, 5) is 26.0. The molecule has 0 aliphatic heterocycles. The molecule has 1 aliphatic rings. The summed E-state index contributed by atoms with van der Waals surface area (Å²) in [7, 11) is 0. The number of carbonyl (C=O) groups is 2. The van der Waals surface area contributed by atoms with E-state index in [1.165, 1.54) is 23.1 Å². The van der Waals surface area contributed by atoms with E-state index in [0.717, 1.165) is 36.1 Å². The summed E-state index contributed by atoms with van der Waals surface area (Å²) in [5, 5.41) is 12.6. The molecule has 0 saturated carbocycles. The van der Waals surface area contributed by atoms with Crippen molar-refractivity contribution in [2.45, 2.75) is 51.2 Å². The molecule has 3 N–H and O–H groups in total. The zero-order valence-electron chi connectivity index (χ0n) is 17.8. The predicted octanol–water partition coefficient (Wildman–Crippen LogP) is 4.73. The normalized spacial score (nSPS) is 15.5. The summed E-state index contributed by atoms with van der Waals surface area (Å²) in [5.74, 6) is 1.24. The second-order valence-electron chi connectivity index (χ2n) is 7.82. The number of amides is 2. The number of thioether (sulfide) groups is 1. The van der Waals surface area contributed by atoms with Crippen molar-refractivity contribution in [3.8, 4) is 11.6 Å². The Hall–Kier alpha value is -2.11. The molecule has 0 spiro atoms. The number of nitrogens with zero attached hydrogens (tertiary/aromatic N) is 3. The fourth-order valence-corrected chi connectivity index (χ4v) is 6.33. The monoisotopic (exact) mass is 537 g/mol. The van der Waals surface area contributed by atoms with Gasteiger partial charge in [-0.1, -0.05) is 25.6 Å². The van der Waals surface area contributed by atoms with Crippen LogP contribution >= 0.6 is 39.0 Å². The van der Waals surface area contributed by atoms with Crippen LogP contribution in [-0.2, 0) is 24.2 Å². The summed E-state index contributed by atoms with van der Waals surface area (Å²) in [6, 6.07) is 3.63. The van der Waals surface area contributed by atoms with Gasteiger partial charge in [0.2, 0.25) is 11.7 Å². The van der Waals surface area contributed by atoms with Crippen molar-refractivity contribution in [2.24, 2.45) is 11.7 Å². The lowest BCUT2D eigenvalue weighted by atomic mass is 9.88. The second kappa shape index (κ2) is 9.80. The van der Waals surface area contributed by atoms with Gasteiger partial charge in [0.05, 0.1) is 11.3 Å². The molecule has 0 bridgehead atoms. The van der Waals surface area contributed by atoms with Crippen molar-refractivity contribution in [3.63, 3.8) is 0 Å². The molecule has 0 radical (unpaired) electrons. The number of halogens is 1. The molecule has 3 aromatic rings. The van der Waals surface area contributed by atoms with E-state index in [1.807, 2.05) is 10.6 Å². The number of thiophene rings is 1. The van der Waals surface area contributed by atoms with E-state index in [4.69, 9.17) is 10.2 Å². The molecule has 11 heteroatoms. The largest absolute Gasteiger partial charge is 0.446 e. The zero-order chi connectivity index (χ0) is 22.8. The van der Waals surface area contributed by atoms with Gasteiger partial charge in [0.25, 0.3) is 5.91 Å². The van der Waals surface area contributed by atoms with Gasteiger partial charge < -0.3 is 15.5 Å². The number of primary amides is 1. The smallest absolute Gasteiger partial charge is 0.251 e. The molecule has 3 heterocycles. The van der Waals surface area contributed by atoms with Crippen molar-refractivity contribution in [3.05, 3.63) is 32.8 Å². The highest BCUT2D eigenvalue weighted by molar-refractivity contribution is 9.10. The molecule has 8 nitrogen and oxygen atoms in total. The van der Waals surface area contributed by atoms with Crippen molar-refractivity contribution in [2.75, 3.05) is 11.1 Å². The average Bonchev–Trinajstić information content (AvgIpc) is 3.43. The Morgan fingerprint density at radius 2 is 2.22 bits per heavy atom. The minimum absolute atomic E-state index is 0.140. The van der Waals surface area contributed by atoms with E-state index in [2.05, 4.69) is 45.3 Å². The van der Waals surface area contributed by atoms with E-state index in [-0.39, 0.29) is 11.7 Å². The number of carbonyl (C=O) groups excluding carboxylic acids is 2. The molecular formula is C21H24BrN5O3S2. The quantitative estimate of drug-likeness (QED) is 0.401. The van der Waals surface area contributed by atoms with Gasteiger partial charge in [-0.15, -0.1) is 21.5 Å². The average molecular weight is 538 g/mol. The SMILES string of the molecule is CCCn1c(SCC(=O)Nc2sc3c(c2C(N)=O)CCC(C)C3)nnc1-c1ccc(Br)o1. The third kappa shape index (κ3) is 4.79. The molecule has 1 unspecified atom stereocenters. The fraction of sp³-hybridized carbons (Fsp3) is 0.429. The summed E-state index contributed by atoms with van der Waals surface area (Å²) < 4.78 is 8.18. The predicted molar refractivity (Wildman–Crippen MR) is 129 cm³/mol. The molecule has 4 rings (SSSR count). The van der Waals surface area contributed by atoms with Crippen molar-refractivity contribution >= 4 is 55.8 Å². The van der Waals surface area contributed by atoms with E-state index >= 15 is 0 Å². The highest BCUT2D eigenvalue weighted by Gasteiger charge is 2.27. The van der Waals surface area contributed by atoms with Gasteiger partial charge in [0, 0.05) is 11.4 Å². The second-order valence-corrected chi connectivity index (χ2v) is 10.6. The van der Waals surface area contributed by atoms with Crippen LogP contribution in [0.3, 0.4) is 0 Å². The summed E-state index contributed by atoms with van der Waals surface area (Å²) in [5.41, 5.74) is 7.12. The lowest BCUT2D eigenvalue weighted by molar-refractivity contribution is -0.113. The first-order valence-corrected chi connectivity index (χ1v) is 13.0. The Kier molecular flexibility index (Phi) is 7.06. The van der Waals surface area contributed by atoms with E-state index in [9.17, 15) is 9.59 Å². The molecule has 32 heavy (non-hydrogen) atoms. The number of nitrogens with one attached hydrogen (secondary N) is 1. The lowest BCUT2D eigenvalue weighted by Crippen LogP contribution is -2.20. The first kappa shape index (κ1) is 23.1. The topological polar surface area (TPSA) is 116 Å². The van der Waals surface area contributed by atoms with Crippen LogP contribution in [0.1, 0.15) is 47.5 Å². The minimum Gasteiger partial charge on any atom is -0.446 e. The maximum atomic E-state index is 12.7. The Morgan fingerprint density at radius 1 is 1.41 bits per heavy atom. The molecule has 2 amide bonds. The van der Waals surface area contributed by atoms with Gasteiger partial charge in [-0.2, -0.15) is 0 Å². The highest BCUT2D eigenvalue weighted by atomic mass is 79.9. The Labute approximate surface area is 202 Å². The highest BCUT2D eigenvalue weighted by Crippen LogP contribution is 2.39. The summed E-state index contributed by atoms with van der Waals surface area (Å²) in [6.07, 6.45) is 3.64. The number of hydrogen-bond acceptors (Lipinski definition) is 7. The number of aromatic nitrogens is 3. The van der Waals surface area contributed by atoms with Gasteiger partial charge in [0.15, 0.2) is 15.6 Å². The maximum absolute atomic E-state index is 12.7. The van der Waals surface area contributed by atoms with Crippen LogP contribution in [0.5, 0.6) is 0 Å². The first-order valence-electron chi connectivity index (χ1n) is 10.4. The fourth-order valence-electron chi connectivity index (χ4n) is 3.83. The molecular weight excluding hydrogens is 514 g/mol. The van der Waals surface area contributed by atoms with Crippen LogP contribution in [0, 0.1) is 5.92 Å². The van der Waals surface area contributed by atoms with Crippen LogP contribution in [0.25, 0.3) is 11.6 Å². The van der Waals surface area contributed by atoms with Crippen molar-refractivity contribution in [1.82, 2.24) is 14.8 Å². The van der Waals surface area contributed by atoms with Crippen LogP contribution in [0.15, 0.2) is 26.4 Å². The molecule has 0 fully saturated rings. The van der Waals surface area contributed by atoms with Gasteiger partial charge in [0.1, 0.15) is 5.00 Å². The van der Waals surface area contributed by atoms with Gasteiger partial charge in [-0.3, -0.25) is 14.2 Å². The van der Waals surface area contributed by atoms with E-state index < -0.39 is 5.91 Å². The molecule has 170 valence electrons. The standard InChI is InChI=1S/C21H24BrN5O3S2/c1-3-8-27-19(13-6-7-15(22)30-13)25-26-21(27)31-10-16(28)24-20-17(18(23)29)12-5-4-11(2)9-14(12)32-20/h6-7,11H,3-5,8-10H2,1-2H3,(H2,23,29)(H,24,28). The minimum atomic E-state index is -0.489. The van der Waals surface area contributed by atoms with Crippen LogP contribution in [-0.4, -0.2) is 32.3 Å². The van der Waals surface area contributed by atoms with Gasteiger partial charge in [-0.25, -0.2) is 0 Å². The number of furan rings is 1. The van der Waals surface area contributed by atoms with Crippen LogP contribution in [0.2, 0.25) is 0 Å². The van der Waals surface area contributed by atoms with Crippen LogP contribution in [0.4, 0.5) is 5.00 Å². The number of anilines is 1. The number of fused-ring (bicyclic) bond motifs is 1. The molecule has 1 aliphatic carbocycles. The Balaban J connectivity index is 1.48. The molecule has 1 atom stereocenters. The first-order chi connectivity index (χ1) is 15.4. The third-order valence-corrected chi connectivity index (χ3v) is 7.86. The summed E-state index contributed by atoms with van der Waals surface area (Å²) >= 11 is 6.07. The lowest BCUT2D eigenvalue weighted by Gasteiger charge is -2.18. The van der Waals surface area contributed by atoms with Crippen molar-refractivity contribution in [1.29, 1.82) is 0 Å².